The molecule has 0 radical (unpaired) electrons. The minimum Gasteiger partial charge on any atom is -0.456 e. The summed E-state index contributed by atoms with van der Waals surface area (Å²) in [4.78, 5) is 81.9. The van der Waals surface area contributed by atoms with E-state index in [1.807, 2.05) is 0 Å². The molecule has 9 atom stereocenters. The van der Waals surface area contributed by atoms with Crippen molar-refractivity contribution in [2.24, 2.45) is 47.3 Å². The van der Waals surface area contributed by atoms with Crippen molar-refractivity contribution in [3.63, 3.8) is 0 Å². The third-order valence-corrected chi connectivity index (χ3v) is 11.7. The number of ketones is 1. The molecule has 7 rings (SSSR count). The van der Waals surface area contributed by atoms with Crippen LogP contribution in [0.1, 0.15) is 68.1 Å². The van der Waals surface area contributed by atoms with Crippen LogP contribution in [0.5, 0.6) is 0 Å². The van der Waals surface area contributed by atoms with Crippen LogP contribution in [0, 0.1) is 47.3 Å². The van der Waals surface area contributed by atoms with Gasteiger partial charge in [-0.2, -0.15) is 0 Å². The highest BCUT2D eigenvalue weighted by Crippen LogP contribution is 2.57. The minimum absolute atomic E-state index is 0.0622. The minimum atomic E-state index is -1.13. The van der Waals surface area contributed by atoms with Crippen molar-refractivity contribution in [1.29, 1.82) is 0 Å². The molecule has 42 heavy (non-hydrogen) atoms. The fourth-order valence-corrected chi connectivity index (χ4v) is 9.61. The number of amides is 4. The van der Waals surface area contributed by atoms with Gasteiger partial charge in [-0.15, -0.1) is 0 Å². The highest BCUT2D eigenvalue weighted by molar-refractivity contribution is 9.10. The van der Waals surface area contributed by atoms with Crippen LogP contribution in [0.3, 0.4) is 0 Å². The summed E-state index contributed by atoms with van der Waals surface area (Å²) in [6, 6.07) is 5.57. The van der Waals surface area contributed by atoms with Gasteiger partial charge in [0.2, 0.25) is 23.6 Å². The molecule has 10 heteroatoms. The molecular weight excluding hydrogens is 604 g/mol. The van der Waals surface area contributed by atoms with Crippen LogP contribution in [-0.4, -0.2) is 64.4 Å². The standard InChI is InChI=1S/C32H35BrN2O7/c33-21-10-8-16(9-11-21)23(36)15-42-32(41)22(35-30(39)26-19-6-7-20(14-19)27(26)31(35)40)3-1-2-12-34-28(37)24-17-4-5-18(13-17)25(24)29(34)38/h8-11,17-20,22,24-27H,1-7,12-15H2/t17-,18-,19-,20-,22-,24-,25+,26+,27+/m0/s1. The van der Waals surface area contributed by atoms with Crippen molar-refractivity contribution in [2.45, 2.75) is 63.8 Å². The maximum absolute atomic E-state index is 13.6. The number of halogens is 1. The van der Waals surface area contributed by atoms with Gasteiger partial charge in [-0.1, -0.05) is 28.1 Å². The van der Waals surface area contributed by atoms with Gasteiger partial charge in [0.25, 0.3) is 0 Å². The van der Waals surface area contributed by atoms with E-state index in [2.05, 4.69) is 15.9 Å². The third-order valence-electron chi connectivity index (χ3n) is 11.2. The topological polar surface area (TPSA) is 118 Å². The average molecular weight is 640 g/mol. The van der Waals surface area contributed by atoms with Gasteiger partial charge >= 0.3 is 5.97 Å². The fourth-order valence-electron chi connectivity index (χ4n) is 9.34. The fraction of sp³-hybridized carbons (Fsp3) is 0.625. The number of unbranched alkanes of at least 4 members (excludes halogenated alkanes) is 1. The summed E-state index contributed by atoms with van der Waals surface area (Å²) in [5, 5.41) is 0. The van der Waals surface area contributed by atoms with E-state index in [9.17, 15) is 28.8 Å². The first kappa shape index (κ1) is 27.9. The zero-order chi connectivity index (χ0) is 29.3. The maximum Gasteiger partial charge on any atom is 0.329 e. The SMILES string of the molecule is O=C(COC(=O)[C@H](CCCCN1C(=O)[C@@H]2[C@H]3CC[C@@H](C3)[C@@H]2C1=O)N1C(=O)[C@@H]2[C@H]3CC[C@@H](C3)[C@H]2C1=O)c1ccc(Br)cc1. The third kappa shape index (κ3) is 4.38. The molecule has 0 unspecified atom stereocenters. The molecular formula is C32H35BrN2O7. The Morgan fingerprint density at radius 1 is 0.762 bits per heavy atom. The quantitative estimate of drug-likeness (QED) is 0.166. The summed E-state index contributed by atoms with van der Waals surface area (Å²) in [6.07, 6.45) is 6.80. The predicted molar refractivity (Wildman–Crippen MR) is 151 cm³/mol. The zero-order valence-electron chi connectivity index (χ0n) is 23.4. The largest absolute Gasteiger partial charge is 0.456 e. The molecule has 222 valence electrons. The molecule has 1 aromatic carbocycles. The van der Waals surface area contributed by atoms with Gasteiger partial charge in [0.05, 0.1) is 23.7 Å². The number of fused-ring (bicyclic) bond motifs is 10. The Balaban J connectivity index is 1.02. The summed E-state index contributed by atoms with van der Waals surface area (Å²) in [6.45, 7) is -0.224. The number of carbonyl (C=O) groups excluding carboxylic acids is 6. The van der Waals surface area contributed by atoms with Crippen molar-refractivity contribution >= 4 is 51.3 Å². The lowest BCUT2D eigenvalue weighted by molar-refractivity contribution is -0.159. The maximum atomic E-state index is 13.6. The Labute approximate surface area is 252 Å². The van der Waals surface area contributed by atoms with Crippen LogP contribution in [0.25, 0.3) is 0 Å². The van der Waals surface area contributed by atoms with E-state index < -0.39 is 18.6 Å². The molecule has 0 N–H and O–H groups in total. The van der Waals surface area contributed by atoms with Crippen LogP contribution in [0.2, 0.25) is 0 Å². The first-order chi connectivity index (χ1) is 20.2. The monoisotopic (exact) mass is 638 g/mol. The highest BCUT2D eigenvalue weighted by atomic mass is 79.9. The molecule has 1 aromatic rings. The van der Waals surface area contributed by atoms with E-state index in [0.717, 1.165) is 47.9 Å². The number of Topliss-reactive ketones (excluding diaryl/α,β-unsaturated/α-hetero) is 1. The van der Waals surface area contributed by atoms with Gasteiger partial charge in [0.1, 0.15) is 6.04 Å². The second-order valence-corrected chi connectivity index (χ2v) is 14.1. The summed E-state index contributed by atoms with van der Waals surface area (Å²) in [5.74, 6) is -1.95. The molecule has 9 nitrogen and oxygen atoms in total. The van der Waals surface area contributed by atoms with Crippen LogP contribution < -0.4 is 0 Å². The van der Waals surface area contributed by atoms with Crippen LogP contribution >= 0.6 is 15.9 Å². The normalized spacial score (nSPS) is 34.9. The number of nitrogens with zero attached hydrogens (tertiary/aromatic N) is 2. The Bertz CT molecular complexity index is 1300. The molecule has 0 spiro atoms. The molecule has 2 heterocycles. The van der Waals surface area contributed by atoms with Gasteiger partial charge in [0, 0.05) is 16.6 Å². The first-order valence-electron chi connectivity index (χ1n) is 15.4. The van der Waals surface area contributed by atoms with Gasteiger partial charge in [0.15, 0.2) is 12.4 Å². The molecule has 0 aromatic heterocycles. The van der Waals surface area contributed by atoms with Crippen LogP contribution in [0.4, 0.5) is 0 Å². The molecule has 2 saturated heterocycles. The lowest BCUT2D eigenvalue weighted by Gasteiger charge is -2.26. The molecule has 4 amide bonds. The number of likely N-dealkylation sites (tertiary alicyclic amines) is 2. The molecule has 4 saturated carbocycles. The summed E-state index contributed by atoms with van der Waals surface area (Å²) >= 11 is 3.33. The molecule has 6 fully saturated rings. The Morgan fingerprint density at radius 3 is 1.79 bits per heavy atom. The van der Waals surface area contributed by atoms with Gasteiger partial charge in [-0.25, -0.2) is 4.79 Å². The Kier molecular flexibility index (Phi) is 7.10. The zero-order valence-corrected chi connectivity index (χ0v) is 25.0. The smallest absolute Gasteiger partial charge is 0.329 e. The van der Waals surface area contributed by atoms with Gasteiger partial charge < -0.3 is 4.74 Å². The van der Waals surface area contributed by atoms with E-state index in [1.165, 1.54) is 4.90 Å². The summed E-state index contributed by atoms with van der Waals surface area (Å²) in [7, 11) is 0. The predicted octanol–water partition coefficient (Wildman–Crippen LogP) is 3.78. The average Bonchev–Trinajstić information content (AvgIpc) is 3.83. The van der Waals surface area contributed by atoms with Crippen molar-refractivity contribution in [3.8, 4) is 0 Å². The highest BCUT2D eigenvalue weighted by Gasteiger charge is 2.63. The Hall–Kier alpha value is -2.88. The molecule has 2 aliphatic heterocycles. The second kappa shape index (κ2) is 10.7. The number of imide groups is 2. The van der Waals surface area contributed by atoms with Crippen molar-refractivity contribution in [1.82, 2.24) is 9.80 Å². The molecule has 6 aliphatic rings. The summed E-state index contributed by atoms with van der Waals surface area (Å²) < 4.78 is 6.25. The lowest BCUT2D eigenvalue weighted by atomic mass is 9.81. The molecule has 4 aliphatic carbocycles. The Morgan fingerprint density at radius 2 is 1.26 bits per heavy atom. The first-order valence-corrected chi connectivity index (χ1v) is 16.2. The van der Waals surface area contributed by atoms with Gasteiger partial charge in [-0.05, 0) is 93.6 Å². The number of ether oxygens (including phenoxy) is 1. The number of rotatable bonds is 10. The molecule has 4 bridgehead atoms. The van der Waals surface area contributed by atoms with E-state index in [0.29, 0.717) is 30.2 Å². The van der Waals surface area contributed by atoms with Crippen molar-refractivity contribution in [2.75, 3.05) is 13.2 Å². The number of carbonyl (C=O) groups is 6. The number of esters is 1. The number of hydrogen-bond acceptors (Lipinski definition) is 7. The van der Waals surface area contributed by atoms with E-state index in [1.54, 1.807) is 24.3 Å². The summed E-state index contributed by atoms with van der Waals surface area (Å²) in [5.41, 5.74) is 0.389. The van der Waals surface area contributed by atoms with Gasteiger partial charge in [-0.3, -0.25) is 33.8 Å². The number of benzene rings is 1. The van der Waals surface area contributed by atoms with E-state index >= 15 is 0 Å². The van der Waals surface area contributed by atoms with E-state index in [-0.39, 0.29) is 77.9 Å². The van der Waals surface area contributed by atoms with Crippen LogP contribution in [-0.2, 0) is 28.7 Å². The second-order valence-electron chi connectivity index (χ2n) is 13.2. The van der Waals surface area contributed by atoms with Crippen LogP contribution in [0.15, 0.2) is 28.7 Å². The number of hydrogen-bond donors (Lipinski definition) is 0. The van der Waals surface area contributed by atoms with E-state index in [4.69, 9.17) is 4.74 Å². The van der Waals surface area contributed by atoms with Crippen molar-refractivity contribution in [3.05, 3.63) is 34.3 Å². The lowest BCUT2D eigenvalue weighted by Crippen LogP contribution is -2.47. The van der Waals surface area contributed by atoms with Crippen molar-refractivity contribution < 1.29 is 33.5 Å².